The van der Waals surface area contributed by atoms with Crippen molar-refractivity contribution in [1.82, 2.24) is 0 Å². The second-order valence-corrected chi connectivity index (χ2v) is 4.89. The van der Waals surface area contributed by atoms with Gasteiger partial charge in [0, 0.05) is 5.57 Å². The lowest BCUT2D eigenvalue weighted by molar-refractivity contribution is -0.134. The molecule has 0 aromatic rings. The van der Waals surface area contributed by atoms with Gasteiger partial charge in [-0.15, -0.1) is 11.6 Å². The number of ketones is 1. The van der Waals surface area contributed by atoms with Gasteiger partial charge in [0.25, 0.3) is 0 Å². The van der Waals surface area contributed by atoms with Gasteiger partial charge < -0.3 is 4.74 Å². The zero-order valence-electron chi connectivity index (χ0n) is 10.6. The van der Waals surface area contributed by atoms with Crippen LogP contribution in [0, 0.1) is 0 Å². The van der Waals surface area contributed by atoms with Crippen molar-refractivity contribution in [1.29, 1.82) is 0 Å². The van der Waals surface area contributed by atoms with Gasteiger partial charge in [-0.05, 0) is 29.7 Å². The molecule has 0 saturated heterocycles. The van der Waals surface area contributed by atoms with Gasteiger partial charge in [0.2, 0.25) is 0 Å². The molecule has 1 aliphatic heterocycles. The summed E-state index contributed by atoms with van der Waals surface area (Å²) in [5.41, 5.74) is 2.69. The summed E-state index contributed by atoms with van der Waals surface area (Å²) in [6, 6.07) is 0. The third-order valence-corrected chi connectivity index (χ3v) is 3.50. The maximum absolute atomic E-state index is 11.8. The highest BCUT2D eigenvalue weighted by Gasteiger charge is 2.33. The molecule has 0 atom stereocenters. The summed E-state index contributed by atoms with van der Waals surface area (Å²) in [4.78, 5) is 23.7. The molecule has 3 aliphatic rings. The quantitative estimate of drug-likeness (QED) is 0.445. The number of ether oxygens (including phenoxy) is 1. The molecule has 20 heavy (non-hydrogen) atoms. The van der Waals surface area contributed by atoms with E-state index in [0.29, 0.717) is 11.3 Å². The van der Waals surface area contributed by atoms with Crippen LogP contribution in [0.4, 0.5) is 0 Å². The van der Waals surface area contributed by atoms with E-state index < -0.39 is 11.8 Å². The first-order chi connectivity index (χ1) is 9.69. The predicted octanol–water partition coefficient (Wildman–Crippen LogP) is 2.91. The van der Waals surface area contributed by atoms with Gasteiger partial charge >= 0.3 is 5.97 Å². The lowest BCUT2D eigenvalue weighted by atomic mass is 9.96. The average Bonchev–Trinajstić information content (AvgIpc) is 2.62. The van der Waals surface area contributed by atoms with Crippen LogP contribution in [0.15, 0.2) is 70.6 Å². The first-order valence-corrected chi connectivity index (χ1v) is 6.74. The molecule has 0 radical (unpaired) electrons. The number of fused-ring (bicyclic) bond motifs is 3. The number of Topliss-reactive ketones (excluding diaryl/α,β-unsaturated/α-hetero) is 1. The molecular weight excluding hydrogens is 276 g/mol. The molecular formula is C16H11ClO3. The Labute approximate surface area is 121 Å². The van der Waals surface area contributed by atoms with Gasteiger partial charge in [0.05, 0.1) is 5.88 Å². The number of halogens is 1. The van der Waals surface area contributed by atoms with Gasteiger partial charge in [-0.25, -0.2) is 4.79 Å². The van der Waals surface area contributed by atoms with E-state index in [2.05, 4.69) is 0 Å². The fourth-order valence-corrected chi connectivity index (χ4v) is 2.46. The molecule has 0 saturated carbocycles. The van der Waals surface area contributed by atoms with Crippen LogP contribution in [-0.4, -0.2) is 17.6 Å². The minimum Gasteiger partial charge on any atom is -0.422 e. The van der Waals surface area contributed by atoms with Crippen LogP contribution >= 0.6 is 11.6 Å². The summed E-state index contributed by atoms with van der Waals surface area (Å²) in [5.74, 6) is -0.863. The molecule has 3 nitrogen and oxygen atoms in total. The summed E-state index contributed by atoms with van der Waals surface area (Å²) in [6.07, 6.45) is 14.0. The number of carbonyl (C=O) groups excluding carboxylic acids is 2. The van der Waals surface area contributed by atoms with Crippen LogP contribution < -0.4 is 0 Å². The largest absolute Gasteiger partial charge is 0.422 e. The van der Waals surface area contributed by atoms with E-state index >= 15 is 0 Å². The van der Waals surface area contributed by atoms with E-state index in [0.717, 1.165) is 17.6 Å². The average molecular weight is 287 g/mol. The number of alkyl halides is 1. The standard InChI is InChI=1S/C16H11ClO3/c17-9-13(18)15-12-8-11-4-2-1-3-10(7-11)5-6-14(12)20-16(15)19/h1-6,8H,7,9H2. The molecule has 4 heteroatoms. The van der Waals surface area contributed by atoms with Crippen LogP contribution in [0.25, 0.3) is 0 Å². The highest BCUT2D eigenvalue weighted by molar-refractivity contribution is 6.35. The van der Waals surface area contributed by atoms with Crippen LogP contribution in [0.1, 0.15) is 6.42 Å². The Hall–Kier alpha value is -2.13. The van der Waals surface area contributed by atoms with Crippen LogP contribution in [0.3, 0.4) is 0 Å². The normalized spacial score (nSPS) is 20.2. The van der Waals surface area contributed by atoms with Crippen molar-refractivity contribution < 1.29 is 14.3 Å². The SMILES string of the molecule is O=C(CCl)C1=C2C=C3C=CC=CC(=CC=C2OC1=O)C3. The Balaban J connectivity index is 2.20. The van der Waals surface area contributed by atoms with Crippen molar-refractivity contribution in [2.24, 2.45) is 0 Å². The Bertz CT molecular complexity index is 685. The number of hydrogen-bond acceptors (Lipinski definition) is 3. The topological polar surface area (TPSA) is 43.4 Å². The Morgan fingerprint density at radius 3 is 2.70 bits per heavy atom. The van der Waals surface area contributed by atoms with Gasteiger partial charge in [-0.1, -0.05) is 30.4 Å². The summed E-state index contributed by atoms with van der Waals surface area (Å²) in [6.45, 7) is 0. The first kappa shape index (κ1) is 12.9. The van der Waals surface area contributed by atoms with Crippen LogP contribution in [0.2, 0.25) is 0 Å². The first-order valence-electron chi connectivity index (χ1n) is 6.21. The van der Waals surface area contributed by atoms with Crippen molar-refractivity contribution in [3.63, 3.8) is 0 Å². The van der Waals surface area contributed by atoms with Crippen LogP contribution in [-0.2, 0) is 14.3 Å². The monoisotopic (exact) mass is 286 g/mol. The molecule has 100 valence electrons. The Kier molecular flexibility index (Phi) is 3.28. The van der Waals surface area contributed by atoms with Gasteiger partial charge in [0.1, 0.15) is 11.3 Å². The molecule has 0 unspecified atom stereocenters. The van der Waals surface area contributed by atoms with E-state index in [1.54, 1.807) is 6.08 Å². The maximum Gasteiger partial charge on any atom is 0.347 e. The van der Waals surface area contributed by atoms with Crippen molar-refractivity contribution in [3.05, 3.63) is 70.6 Å². The summed E-state index contributed by atoms with van der Waals surface area (Å²) >= 11 is 5.56. The highest BCUT2D eigenvalue weighted by atomic mass is 35.5. The molecule has 0 amide bonds. The van der Waals surface area contributed by atoms with E-state index in [4.69, 9.17) is 16.3 Å². The molecule has 1 heterocycles. The van der Waals surface area contributed by atoms with E-state index in [1.165, 1.54) is 0 Å². The maximum atomic E-state index is 11.8. The molecule has 0 aromatic heterocycles. The number of rotatable bonds is 2. The van der Waals surface area contributed by atoms with Crippen LogP contribution in [0.5, 0.6) is 0 Å². The summed E-state index contributed by atoms with van der Waals surface area (Å²) in [7, 11) is 0. The summed E-state index contributed by atoms with van der Waals surface area (Å²) in [5, 5.41) is 0. The van der Waals surface area contributed by atoms with Crippen molar-refractivity contribution in [3.8, 4) is 0 Å². The predicted molar refractivity (Wildman–Crippen MR) is 76.0 cm³/mol. The summed E-state index contributed by atoms with van der Waals surface area (Å²) < 4.78 is 5.17. The fraction of sp³-hybridized carbons (Fsp3) is 0.125. The molecule has 0 aromatic carbocycles. The highest BCUT2D eigenvalue weighted by Crippen LogP contribution is 2.33. The zero-order chi connectivity index (χ0) is 14.1. The van der Waals surface area contributed by atoms with Gasteiger partial charge in [-0.2, -0.15) is 0 Å². The third-order valence-electron chi connectivity index (χ3n) is 3.26. The molecule has 0 N–H and O–H groups in total. The van der Waals surface area contributed by atoms with E-state index in [-0.39, 0.29) is 11.5 Å². The number of carbonyl (C=O) groups is 2. The fourth-order valence-electron chi connectivity index (χ4n) is 2.33. The zero-order valence-corrected chi connectivity index (χ0v) is 11.3. The Morgan fingerprint density at radius 1 is 1.20 bits per heavy atom. The number of allylic oxidation sites excluding steroid dienone is 9. The van der Waals surface area contributed by atoms with Gasteiger partial charge in [-0.3, -0.25) is 4.79 Å². The lowest BCUT2D eigenvalue weighted by Gasteiger charge is -2.07. The Morgan fingerprint density at radius 2 is 1.95 bits per heavy atom. The van der Waals surface area contributed by atoms with E-state index in [9.17, 15) is 9.59 Å². The van der Waals surface area contributed by atoms with Crippen molar-refractivity contribution >= 4 is 23.4 Å². The molecule has 0 fully saturated rings. The van der Waals surface area contributed by atoms with E-state index in [1.807, 2.05) is 36.5 Å². The van der Waals surface area contributed by atoms with Gasteiger partial charge in [0.15, 0.2) is 5.78 Å². The lowest BCUT2D eigenvalue weighted by Crippen LogP contribution is -2.11. The van der Waals surface area contributed by atoms with Crippen molar-refractivity contribution in [2.45, 2.75) is 6.42 Å². The molecule has 3 rings (SSSR count). The smallest absolute Gasteiger partial charge is 0.347 e. The second kappa shape index (κ2) is 5.10. The van der Waals surface area contributed by atoms with Crippen molar-refractivity contribution in [2.75, 3.05) is 5.88 Å². The molecule has 2 aliphatic carbocycles. The number of esters is 1. The number of hydrogen-bond donors (Lipinski definition) is 0. The minimum atomic E-state index is -0.624. The second-order valence-electron chi connectivity index (χ2n) is 4.62. The molecule has 0 spiro atoms. The minimum absolute atomic E-state index is 0.0428. The third kappa shape index (κ3) is 2.21. The molecule has 2 bridgehead atoms.